The van der Waals surface area contributed by atoms with Crippen LogP contribution < -0.4 is 20.1 Å². The number of amides is 2. The number of nitrogens with zero attached hydrogens (tertiary/aromatic N) is 1. The molecule has 2 aliphatic rings. The van der Waals surface area contributed by atoms with E-state index in [0.29, 0.717) is 37.4 Å². The second kappa shape index (κ2) is 10.5. The van der Waals surface area contributed by atoms with Gasteiger partial charge in [0.15, 0.2) is 11.5 Å². The van der Waals surface area contributed by atoms with Gasteiger partial charge >= 0.3 is 0 Å². The van der Waals surface area contributed by atoms with E-state index in [1.54, 1.807) is 19.1 Å². The number of carbonyl (C=O) groups excluding carboxylic acids is 2. The predicted molar refractivity (Wildman–Crippen MR) is 109 cm³/mol. The van der Waals surface area contributed by atoms with Crippen molar-refractivity contribution < 1.29 is 19.1 Å². The molecule has 7 nitrogen and oxygen atoms in total. The summed E-state index contributed by atoms with van der Waals surface area (Å²) in [7, 11) is 3.21. The summed E-state index contributed by atoms with van der Waals surface area (Å²) in [6.45, 7) is 2.93. The summed E-state index contributed by atoms with van der Waals surface area (Å²) in [6, 6.07) is 5.96. The molecule has 2 atom stereocenters. The number of benzene rings is 1. The maximum Gasteiger partial charge on any atom is 0.225 e. The Kier molecular flexibility index (Phi) is 8.38. The lowest BCUT2D eigenvalue weighted by atomic mass is 10.0. The molecule has 0 spiro atoms. The Balaban J connectivity index is 0.00000280. The van der Waals surface area contributed by atoms with Crippen LogP contribution in [0.3, 0.4) is 0 Å². The second-order valence-electron chi connectivity index (χ2n) is 7.23. The molecular formula is C20H30ClN3O4. The first-order chi connectivity index (χ1) is 13.1. The molecule has 3 rings (SSSR count). The van der Waals surface area contributed by atoms with Crippen LogP contribution in [0.4, 0.5) is 0 Å². The molecule has 2 N–H and O–H groups in total. The number of nitrogens with one attached hydrogen (secondary N) is 2. The van der Waals surface area contributed by atoms with Crippen molar-refractivity contribution >= 4 is 24.2 Å². The van der Waals surface area contributed by atoms with E-state index in [2.05, 4.69) is 10.6 Å². The number of piperidine rings is 1. The van der Waals surface area contributed by atoms with Crippen LogP contribution >= 0.6 is 12.4 Å². The maximum atomic E-state index is 12.5. The quantitative estimate of drug-likeness (QED) is 0.708. The third kappa shape index (κ3) is 5.52. The molecule has 2 saturated heterocycles. The van der Waals surface area contributed by atoms with E-state index in [9.17, 15) is 9.59 Å². The highest BCUT2D eigenvalue weighted by Crippen LogP contribution is 2.28. The minimum Gasteiger partial charge on any atom is -0.493 e. The van der Waals surface area contributed by atoms with Crippen LogP contribution in [0.1, 0.15) is 24.8 Å². The molecular weight excluding hydrogens is 382 g/mol. The Morgan fingerprint density at radius 3 is 2.75 bits per heavy atom. The molecule has 0 bridgehead atoms. The van der Waals surface area contributed by atoms with Crippen molar-refractivity contribution in [2.24, 2.45) is 5.92 Å². The number of hydrogen-bond donors (Lipinski definition) is 2. The van der Waals surface area contributed by atoms with Gasteiger partial charge in [-0.05, 0) is 43.5 Å². The zero-order valence-corrected chi connectivity index (χ0v) is 17.3. The predicted octanol–water partition coefficient (Wildman–Crippen LogP) is 1.38. The van der Waals surface area contributed by atoms with E-state index < -0.39 is 0 Å². The Labute approximate surface area is 172 Å². The van der Waals surface area contributed by atoms with Gasteiger partial charge in [0.25, 0.3) is 0 Å². The molecule has 0 aromatic heterocycles. The maximum absolute atomic E-state index is 12.5. The summed E-state index contributed by atoms with van der Waals surface area (Å²) >= 11 is 0. The first kappa shape index (κ1) is 22.3. The van der Waals surface area contributed by atoms with Crippen molar-refractivity contribution in [3.05, 3.63) is 23.8 Å². The Hall–Kier alpha value is -1.99. The molecule has 1 aromatic carbocycles. The topological polar surface area (TPSA) is 79.9 Å². The molecule has 1 aromatic rings. The van der Waals surface area contributed by atoms with Gasteiger partial charge in [-0.1, -0.05) is 6.07 Å². The number of hydrogen-bond acceptors (Lipinski definition) is 5. The fourth-order valence-electron chi connectivity index (χ4n) is 3.76. The largest absolute Gasteiger partial charge is 0.493 e. The van der Waals surface area contributed by atoms with Gasteiger partial charge in [0.1, 0.15) is 0 Å². The van der Waals surface area contributed by atoms with Gasteiger partial charge in [-0.15, -0.1) is 12.4 Å². The second-order valence-corrected chi connectivity index (χ2v) is 7.23. The van der Waals surface area contributed by atoms with Crippen LogP contribution in [0.2, 0.25) is 0 Å². The summed E-state index contributed by atoms with van der Waals surface area (Å²) in [6.07, 6.45) is 3.10. The zero-order chi connectivity index (χ0) is 19.2. The SMILES string of the molecule is COc1ccc(CCN2CC(C(=O)N[C@H]3CCCNC3)CC2=O)cc1OC.Cl. The van der Waals surface area contributed by atoms with E-state index in [1.165, 1.54) is 0 Å². The molecule has 8 heteroatoms. The van der Waals surface area contributed by atoms with Crippen LogP contribution in [0.5, 0.6) is 11.5 Å². The lowest BCUT2D eigenvalue weighted by molar-refractivity contribution is -0.129. The number of rotatable bonds is 7. The highest BCUT2D eigenvalue weighted by atomic mass is 35.5. The van der Waals surface area contributed by atoms with E-state index in [1.807, 2.05) is 18.2 Å². The Morgan fingerprint density at radius 2 is 2.07 bits per heavy atom. The lowest BCUT2D eigenvalue weighted by Crippen LogP contribution is -2.47. The van der Waals surface area contributed by atoms with Gasteiger partial charge in [-0.2, -0.15) is 0 Å². The highest BCUT2D eigenvalue weighted by molar-refractivity contribution is 5.89. The number of likely N-dealkylation sites (tertiary alicyclic amines) is 1. The first-order valence-electron chi connectivity index (χ1n) is 9.60. The zero-order valence-electron chi connectivity index (χ0n) is 16.5. The van der Waals surface area contributed by atoms with E-state index in [0.717, 1.165) is 31.5 Å². The summed E-state index contributed by atoms with van der Waals surface area (Å²) in [5.41, 5.74) is 1.07. The molecule has 2 aliphatic heterocycles. The van der Waals surface area contributed by atoms with E-state index in [4.69, 9.17) is 9.47 Å². The van der Waals surface area contributed by atoms with Gasteiger partial charge in [-0.3, -0.25) is 9.59 Å². The van der Waals surface area contributed by atoms with Crippen LogP contribution in [0, 0.1) is 5.92 Å². The summed E-state index contributed by atoms with van der Waals surface area (Å²) in [5, 5.41) is 6.39. The smallest absolute Gasteiger partial charge is 0.225 e. The molecule has 2 heterocycles. The summed E-state index contributed by atoms with van der Waals surface area (Å²) in [4.78, 5) is 26.6. The number of carbonyl (C=O) groups is 2. The van der Waals surface area contributed by atoms with Crippen molar-refractivity contribution in [1.82, 2.24) is 15.5 Å². The third-order valence-electron chi connectivity index (χ3n) is 5.35. The minimum absolute atomic E-state index is 0. The molecule has 0 aliphatic carbocycles. The Morgan fingerprint density at radius 1 is 1.29 bits per heavy atom. The third-order valence-corrected chi connectivity index (χ3v) is 5.35. The van der Waals surface area contributed by atoms with Crippen molar-refractivity contribution in [2.75, 3.05) is 40.4 Å². The van der Waals surface area contributed by atoms with Gasteiger partial charge < -0.3 is 25.0 Å². The van der Waals surface area contributed by atoms with E-state index in [-0.39, 0.29) is 36.2 Å². The van der Waals surface area contributed by atoms with Crippen LogP contribution in [-0.2, 0) is 16.0 Å². The van der Waals surface area contributed by atoms with Crippen LogP contribution in [0.15, 0.2) is 18.2 Å². The fraction of sp³-hybridized carbons (Fsp3) is 0.600. The molecule has 1 unspecified atom stereocenters. The molecule has 2 amide bonds. The summed E-state index contributed by atoms with van der Waals surface area (Å²) in [5.74, 6) is 1.18. The fourth-order valence-corrected chi connectivity index (χ4v) is 3.76. The number of halogens is 1. The van der Waals surface area contributed by atoms with Crippen LogP contribution in [0.25, 0.3) is 0 Å². The average Bonchev–Trinajstić information content (AvgIpc) is 3.07. The molecule has 28 heavy (non-hydrogen) atoms. The highest BCUT2D eigenvalue weighted by Gasteiger charge is 2.34. The van der Waals surface area contributed by atoms with Crippen molar-refractivity contribution in [2.45, 2.75) is 31.7 Å². The lowest BCUT2D eigenvalue weighted by Gasteiger charge is -2.25. The molecule has 156 valence electrons. The molecule has 0 radical (unpaired) electrons. The van der Waals surface area contributed by atoms with Crippen molar-refractivity contribution in [3.8, 4) is 11.5 Å². The van der Waals surface area contributed by atoms with Crippen molar-refractivity contribution in [3.63, 3.8) is 0 Å². The average molecular weight is 412 g/mol. The van der Waals surface area contributed by atoms with Gasteiger partial charge in [-0.25, -0.2) is 0 Å². The van der Waals surface area contributed by atoms with Gasteiger partial charge in [0.05, 0.1) is 20.1 Å². The summed E-state index contributed by atoms with van der Waals surface area (Å²) < 4.78 is 10.6. The monoisotopic (exact) mass is 411 g/mol. The van der Waals surface area contributed by atoms with Crippen molar-refractivity contribution in [1.29, 1.82) is 0 Å². The van der Waals surface area contributed by atoms with Gasteiger partial charge in [0, 0.05) is 32.1 Å². The van der Waals surface area contributed by atoms with Gasteiger partial charge in [0.2, 0.25) is 11.8 Å². The number of ether oxygens (including phenoxy) is 2. The Bertz CT molecular complexity index is 679. The van der Waals surface area contributed by atoms with Crippen LogP contribution in [-0.4, -0.2) is 63.2 Å². The van der Waals surface area contributed by atoms with E-state index >= 15 is 0 Å². The first-order valence-corrected chi connectivity index (χ1v) is 9.60. The standard InChI is InChI=1S/C20H29N3O4.ClH/c1-26-17-6-5-14(10-18(17)27-2)7-9-23-13-15(11-19(23)24)20(25)22-16-4-3-8-21-12-16;/h5-6,10,15-16,21H,3-4,7-9,11-13H2,1-2H3,(H,22,25);1H/t15?,16-;/m0./s1. The normalized spacial score (nSPS) is 21.8. The number of methoxy groups -OCH3 is 2. The molecule has 0 saturated carbocycles. The molecule has 2 fully saturated rings. The minimum atomic E-state index is -0.246.